The second kappa shape index (κ2) is 10.2. The van der Waals surface area contributed by atoms with Gasteiger partial charge in [-0.15, -0.1) is 23.5 Å². The highest BCUT2D eigenvalue weighted by atomic mass is 32.2. The summed E-state index contributed by atoms with van der Waals surface area (Å²) in [6.45, 7) is 0.904. The number of carbonyl (C=O) groups excluding carboxylic acids is 1. The zero-order valence-electron chi connectivity index (χ0n) is 15.1. The summed E-state index contributed by atoms with van der Waals surface area (Å²) >= 11 is 3.80. The molecule has 0 atom stereocenters. The number of nitrogens with zero attached hydrogens (tertiary/aromatic N) is 1. The topological polar surface area (TPSA) is 93.5 Å². The van der Waals surface area contributed by atoms with Crippen molar-refractivity contribution in [3.63, 3.8) is 0 Å². The fraction of sp³-hybridized carbons (Fsp3) is 0.316. The van der Waals surface area contributed by atoms with Crippen molar-refractivity contribution in [2.45, 2.75) is 4.58 Å². The lowest BCUT2D eigenvalue weighted by Gasteiger charge is -2.15. The van der Waals surface area contributed by atoms with Gasteiger partial charge in [-0.2, -0.15) is 0 Å². The summed E-state index contributed by atoms with van der Waals surface area (Å²) < 4.78 is 6.11. The average Bonchev–Trinajstić information content (AvgIpc) is 3.25. The van der Waals surface area contributed by atoms with Crippen LogP contribution >= 0.6 is 23.5 Å². The van der Waals surface area contributed by atoms with Gasteiger partial charge in [0.1, 0.15) is 5.75 Å². The van der Waals surface area contributed by atoms with E-state index >= 15 is 0 Å². The number of hydrogen-bond donors (Lipinski definition) is 2. The molecular weight excluding hydrogens is 398 g/mol. The molecule has 0 saturated carbocycles. The van der Waals surface area contributed by atoms with Crippen molar-refractivity contribution in [1.29, 1.82) is 0 Å². The lowest BCUT2D eigenvalue weighted by Crippen LogP contribution is -2.32. The number of ether oxygens (including phenoxy) is 1. The van der Waals surface area contributed by atoms with E-state index < -0.39 is 4.92 Å². The van der Waals surface area contributed by atoms with E-state index in [0.29, 0.717) is 17.7 Å². The zero-order chi connectivity index (χ0) is 19.8. The molecule has 1 saturated heterocycles. The molecule has 28 heavy (non-hydrogen) atoms. The standard InChI is InChI=1S/C19H21N3O4S2/c23-18(21-10-9-20-14-5-7-15(8-6-14)22(24)25)13-26-17-4-2-1-3-16(17)19-27-11-12-28-19/h1-8,19-20H,9-13H2,(H,21,23). The second-order valence-corrected chi connectivity index (χ2v) is 8.71. The molecule has 0 aromatic heterocycles. The van der Waals surface area contributed by atoms with Crippen LogP contribution in [0.4, 0.5) is 11.4 Å². The smallest absolute Gasteiger partial charge is 0.269 e. The van der Waals surface area contributed by atoms with E-state index in [-0.39, 0.29) is 18.2 Å². The van der Waals surface area contributed by atoms with Crippen LogP contribution in [0.5, 0.6) is 5.75 Å². The van der Waals surface area contributed by atoms with Crippen molar-refractivity contribution >= 4 is 40.8 Å². The van der Waals surface area contributed by atoms with Crippen LogP contribution in [0.25, 0.3) is 0 Å². The minimum absolute atomic E-state index is 0.0312. The van der Waals surface area contributed by atoms with Crippen LogP contribution < -0.4 is 15.4 Å². The van der Waals surface area contributed by atoms with Gasteiger partial charge in [0.15, 0.2) is 6.61 Å². The number of nitrogens with one attached hydrogen (secondary N) is 2. The third-order valence-corrected chi connectivity index (χ3v) is 7.08. The molecule has 2 aromatic rings. The van der Waals surface area contributed by atoms with Crippen LogP contribution in [0.1, 0.15) is 10.1 Å². The van der Waals surface area contributed by atoms with Gasteiger partial charge >= 0.3 is 0 Å². The summed E-state index contributed by atoms with van der Waals surface area (Å²) in [5.74, 6) is 2.83. The second-order valence-electron chi connectivity index (χ2n) is 5.98. The Bertz CT molecular complexity index is 811. The quantitative estimate of drug-likeness (QED) is 0.364. The molecule has 1 heterocycles. The van der Waals surface area contributed by atoms with E-state index in [1.165, 1.54) is 12.1 Å². The molecule has 3 rings (SSSR count). The SMILES string of the molecule is O=C(COc1ccccc1C1SCCS1)NCCNc1ccc([N+](=O)[O-])cc1. The summed E-state index contributed by atoms with van der Waals surface area (Å²) in [5, 5.41) is 16.5. The van der Waals surface area contributed by atoms with Crippen LogP contribution in [-0.2, 0) is 4.79 Å². The van der Waals surface area contributed by atoms with Crippen molar-refractivity contribution in [2.24, 2.45) is 0 Å². The van der Waals surface area contributed by atoms with E-state index in [9.17, 15) is 14.9 Å². The van der Waals surface area contributed by atoms with Crippen molar-refractivity contribution in [1.82, 2.24) is 5.32 Å². The summed E-state index contributed by atoms with van der Waals surface area (Å²) in [5.41, 5.74) is 1.94. The number of carbonyl (C=O) groups is 1. The molecule has 0 bridgehead atoms. The summed E-state index contributed by atoms with van der Waals surface area (Å²) in [7, 11) is 0. The maximum absolute atomic E-state index is 12.0. The van der Waals surface area contributed by atoms with Crippen molar-refractivity contribution in [3.05, 3.63) is 64.2 Å². The highest BCUT2D eigenvalue weighted by molar-refractivity contribution is 8.19. The highest BCUT2D eigenvalue weighted by Gasteiger charge is 2.21. The molecule has 148 valence electrons. The maximum atomic E-state index is 12.0. The number of nitro benzene ring substituents is 1. The van der Waals surface area contributed by atoms with Crippen LogP contribution in [0.15, 0.2) is 48.5 Å². The Morgan fingerprint density at radius 2 is 1.82 bits per heavy atom. The van der Waals surface area contributed by atoms with Crippen LogP contribution in [0.2, 0.25) is 0 Å². The molecule has 2 aromatic carbocycles. The average molecular weight is 420 g/mol. The van der Waals surface area contributed by atoms with Gasteiger partial charge in [-0.1, -0.05) is 18.2 Å². The molecule has 2 N–H and O–H groups in total. The summed E-state index contributed by atoms with van der Waals surface area (Å²) in [6.07, 6.45) is 0. The summed E-state index contributed by atoms with van der Waals surface area (Å²) in [6, 6.07) is 14.0. The fourth-order valence-corrected chi connectivity index (χ4v) is 5.56. The number of non-ortho nitro benzene ring substituents is 1. The van der Waals surface area contributed by atoms with Crippen LogP contribution in [-0.4, -0.2) is 42.0 Å². The Morgan fingerprint density at radius 3 is 2.54 bits per heavy atom. The van der Waals surface area contributed by atoms with Crippen molar-refractivity contribution in [2.75, 3.05) is 36.5 Å². The first kappa shape index (κ1) is 20.3. The first-order valence-corrected chi connectivity index (χ1v) is 10.9. The molecule has 1 aliphatic rings. The third-order valence-electron chi connectivity index (χ3n) is 4.01. The molecule has 9 heteroatoms. The monoisotopic (exact) mass is 419 g/mol. The van der Waals surface area contributed by atoms with Crippen molar-refractivity contribution in [3.8, 4) is 5.75 Å². The predicted molar refractivity (Wildman–Crippen MR) is 114 cm³/mol. The number of hydrogen-bond acceptors (Lipinski definition) is 7. The lowest BCUT2D eigenvalue weighted by atomic mass is 10.2. The van der Waals surface area contributed by atoms with Gasteiger partial charge in [0.25, 0.3) is 11.6 Å². The van der Waals surface area contributed by atoms with Gasteiger partial charge in [0.2, 0.25) is 0 Å². The first-order valence-electron chi connectivity index (χ1n) is 8.83. The molecule has 1 amide bonds. The Balaban J connectivity index is 1.39. The van der Waals surface area contributed by atoms with Gasteiger partial charge in [-0.3, -0.25) is 14.9 Å². The van der Waals surface area contributed by atoms with E-state index in [0.717, 1.165) is 28.5 Å². The fourth-order valence-electron chi connectivity index (χ4n) is 2.65. The predicted octanol–water partition coefficient (Wildman–Crippen LogP) is 3.68. The largest absolute Gasteiger partial charge is 0.483 e. The normalized spacial score (nSPS) is 13.9. The lowest BCUT2D eigenvalue weighted by molar-refractivity contribution is -0.384. The van der Waals surface area contributed by atoms with E-state index in [4.69, 9.17) is 4.74 Å². The number of thioether (sulfide) groups is 2. The van der Waals surface area contributed by atoms with Gasteiger partial charge < -0.3 is 15.4 Å². The highest BCUT2D eigenvalue weighted by Crippen LogP contribution is 2.48. The van der Waals surface area contributed by atoms with Gasteiger partial charge in [-0.05, 0) is 18.2 Å². The summed E-state index contributed by atoms with van der Waals surface area (Å²) in [4.78, 5) is 22.2. The number of nitro groups is 1. The number of para-hydroxylation sites is 1. The Morgan fingerprint density at radius 1 is 1.11 bits per heavy atom. The molecule has 0 unspecified atom stereocenters. The molecule has 0 aliphatic carbocycles. The molecule has 0 spiro atoms. The van der Waals surface area contributed by atoms with E-state index in [1.807, 2.05) is 41.7 Å². The molecular formula is C19H21N3O4S2. The Labute approximate surface area is 171 Å². The number of rotatable bonds is 9. The van der Waals surface area contributed by atoms with Gasteiger partial charge in [-0.25, -0.2) is 0 Å². The number of amides is 1. The molecule has 1 aliphatic heterocycles. The third kappa shape index (κ3) is 5.80. The Kier molecular flexibility index (Phi) is 7.44. The maximum Gasteiger partial charge on any atom is 0.269 e. The number of anilines is 1. The minimum Gasteiger partial charge on any atom is -0.483 e. The minimum atomic E-state index is -0.438. The Hall–Kier alpha value is -2.39. The molecule has 0 radical (unpaired) electrons. The first-order chi connectivity index (χ1) is 13.6. The molecule has 7 nitrogen and oxygen atoms in total. The van der Waals surface area contributed by atoms with Gasteiger partial charge in [0.05, 0.1) is 9.51 Å². The van der Waals surface area contributed by atoms with Crippen LogP contribution in [0, 0.1) is 10.1 Å². The van der Waals surface area contributed by atoms with Crippen LogP contribution in [0.3, 0.4) is 0 Å². The van der Waals surface area contributed by atoms with E-state index in [2.05, 4.69) is 16.7 Å². The van der Waals surface area contributed by atoms with Gasteiger partial charge in [0, 0.05) is 48.0 Å². The van der Waals surface area contributed by atoms with Crippen molar-refractivity contribution < 1.29 is 14.5 Å². The molecule has 1 fully saturated rings. The van der Waals surface area contributed by atoms with E-state index in [1.54, 1.807) is 12.1 Å². The number of benzene rings is 2. The zero-order valence-corrected chi connectivity index (χ0v) is 16.8.